The van der Waals surface area contributed by atoms with E-state index in [-0.39, 0.29) is 5.91 Å². The van der Waals surface area contributed by atoms with Crippen molar-refractivity contribution in [3.8, 4) is 5.75 Å². The van der Waals surface area contributed by atoms with Gasteiger partial charge in [0.25, 0.3) is 5.91 Å². The van der Waals surface area contributed by atoms with Crippen LogP contribution in [0.4, 0.5) is 11.4 Å². The molecule has 0 saturated heterocycles. The van der Waals surface area contributed by atoms with Crippen molar-refractivity contribution in [2.24, 2.45) is 0 Å². The maximum absolute atomic E-state index is 12.5. The van der Waals surface area contributed by atoms with Gasteiger partial charge in [0.1, 0.15) is 15.5 Å². The van der Waals surface area contributed by atoms with Crippen LogP contribution < -0.4 is 15.8 Å². The van der Waals surface area contributed by atoms with Gasteiger partial charge < -0.3 is 15.8 Å². The van der Waals surface area contributed by atoms with Crippen molar-refractivity contribution in [3.05, 3.63) is 45.9 Å². The lowest BCUT2D eigenvalue weighted by Gasteiger charge is -2.07. The number of aromatic nitrogens is 1. The van der Waals surface area contributed by atoms with Gasteiger partial charge in [-0.15, -0.1) is 11.3 Å². The third-order valence-electron chi connectivity index (χ3n) is 3.34. The van der Waals surface area contributed by atoms with Gasteiger partial charge in [0.2, 0.25) is 0 Å². The van der Waals surface area contributed by atoms with Crippen molar-refractivity contribution < 1.29 is 9.53 Å². The predicted molar refractivity (Wildman–Crippen MR) is 94.7 cm³/mol. The monoisotopic (exact) mass is 347 g/mol. The molecule has 7 heteroatoms. The van der Waals surface area contributed by atoms with Gasteiger partial charge in [0, 0.05) is 17.3 Å². The van der Waals surface area contributed by atoms with Gasteiger partial charge in [-0.3, -0.25) is 4.79 Å². The molecule has 0 atom stereocenters. The van der Waals surface area contributed by atoms with Gasteiger partial charge in [0.05, 0.1) is 17.8 Å². The number of hydrogen-bond donors (Lipinski definition) is 2. The standard InChI is InChI=1S/C16H14ClN3O2S/c1-8-5-10-13(18)14(23-16(10)19-7-8)15(21)20-9-3-4-12(22-2)11(17)6-9/h3-7H,18H2,1-2H3,(H,20,21). The number of carbonyl (C=O) groups is 1. The number of nitrogens with zero attached hydrogens (tertiary/aromatic N) is 1. The van der Waals surface area contributed by atoms with E-state index in [0.29, 0.717) is 27.0 Å². The number of halogens is 1. The van der Waals surface area contributed by atoms with Crippen LogP contribution in [0.15, 0.2) is 30.5 Å². The quantitative estimate of drug-likeness (QED) is 0.747. The molecule has 3 aromatic rings. The van der Waals surface area contributed by atoms with Crippen molar-refractivity contribution >= 4 is 50.4 Å². The summed E-state index contributed by atoms with van der Waals surface area (Å²) in [7, 11) is 1.53. The first-order valence-electron chi connectivity index (χ1n) is 6.79. The molecule has 118 valence electrons. The number of amides is 1. The zero-order valence-corrected chi connectivity index (χ0v) is 14.1. The van der Waals surface area contributed by atoms with Gasteiger partial charge in [-0.2, -0.15) is 0 Å². The highest BCUT2D eigenvalue weighted by atomic mass is 35.5. The normalized spacial score (nSPS) is 10.7. The van der Waals surface area contributed by atoms with Crippen molar-refractivity contribution in [2.45, 2.75) is 6.92 Å². The molecule has 0 aliphatic rings. The highest BCUT2D eigenvalue weighted by Gasteiger charge is 2.17. The van der Waals surface area contributed by atoms with Crippen molar-refractivity contribution in [1.82, 2.24) is 4.98 Å². The summed E-state index contributed by atoms with van der Waals surface area (Å²) in [5.41, 5.74) is 8.11. The number of nitrogens with one attached hydrogen (secondary N) is 1. The second kappa shape index (κ2) is 6.06. The fourth-order valence-electron chi connectivity index (χ4n) is 2.21. The number of nitrogen functional groups attached to an aromatic ring is 1. The number of carbonyl (C=O) groups excluding carboxylic acids is 1. The van der Waals surface area contributed by atoms with E-state index in [2.05, 4.69) is 10.3 Å². The van der Waals surface area contributed by atoms with Crippen LogP contribution in [0.25, 0.3) is 10.2 Å². The molecule has 1 amide bonds. The van der Waals surface area contributed by atoms with Gasteiger partial charge in [-0.25, -0.2) is 4.98 Å². The Hall–Kier alpha value is -2.31. The van der Waals surface area contributed by atoms with E-state index in [4.69, 9.17) is 22.1 Å². The molecule has 2 heterocycles. The highest BCUT2D eigenvalue weighted by molar-refractivity contribution is 7.21. The molecule has 23 heavy (non-hydrogen) atoms. The van der Waals surface area contributed by atoms with E-state index in [1.165, 1.54) is 18.4 Å². The Morgan fingerprint density at radius 2 is 2.17 bits per heavy atom. The molecule has 0 fully saturated rings. The number of nitrogens with two attached hydrogens (primary N) is 1. The number of benzene rings is 1. The second-order valence-electron chi connectivity index (χ2n) is 5.01. The van der Waals surface area contributed by atoms with Crippen LogP contribution in [0, 0.1) is 6.92 Å². The topological polar surface area (TPSA) is 77.2 Å². The summed E-state index contributed by atoms with van der Waals surface area (Å²) in [6, 6.07) is 6.96. The van der Waals surface area contributed by atoms with E-state index in [9.17, 15) is 4.79 Å². The number of fused-ring (bicyclic) bond motifs is 1. The Bertz CT molecular complexity index is 908. The van der Waals surface area contributed by atoms with E-state index < -0.39 is 0 Å². The Morgan fingerprint density at radius 1 is 1.39 bits per heavy atom. The highest BCUT2D eigenvalue weighted by Crippen LogP contribution is 2.34. The molecular weight excluding hydrogens is 334 g/mol. The number of aryl methyl sites for hydroxylation is 1. The SMILES string of the molecule is COc1ccc(NC(=O)c2sc3ncc(C)cc3c2N)cc1Cl. The predicted octanol–water partition coefficient (Wildman–Crippen LogP) is 4.10. The lowest BCUT2D eigenvalue weighted by Crippen LogP contribution is -2.11. The summed E-state index contributed by atoms with van der Waals surface area (Å²) in [5.74, 6) is 0.259. The van der Waals surface area contributed by atoms with Crippen LogP contribution in [0.3, 0.4) is 0 Å². The van der Waals surface area contributed by atoms with E-state index in [0.717, 1.165) is 15.8 Å². The summed E-state index contributed by atoms with van der Waals surface area (Å²) >= 11 is 7.33. The second-order valence-corrected chi connectivity index (χ2v) is 6.42. The van der Waals surface area contributed by atoms with E-state index >= 15 is 0 Å². The first-order valence-corrected chi connectivity index (χ1v) is 7.98. The lowest BCUT2D eigenvalue weighted by molar-refractivity contribution is 0.103. The van der Waals surface area contributed by atoms with Crippen LogP contribution in [0.5, 0.6) is 5.75 Å². The molecule has 0 bridgehead atoms. The molecule has 0 spiro atoms. The maximum atomic E-state index is 12.5. The molecule has 1 aromatic carbocycles. The molecule has 0 saturated carbocycles. The fourth-order valence-corrected chi connectivity index (χ4v) is 3.40. The number of ether oxygens (including phenoxy) is 1. The third-order valence-corrected chi connectivity index (χ3v) is 4.76. The number of anilines is 2. The molecule has 3 N–H and O–H groups in total. The summed E-state index contributed by atoms with van der Waals surface area (Å²) in [6.45, 7) is 1.93. The minimum Gasteiger partial charge on any atom is -0.495 e. The molecule has 0 aliphatic carbocycles. The first kappa shape index (κ1) is 15.6. The number of thiophene rings is 1. The van der Waals surface area contributed by atoms with Gasteiger partial charge in [-0.1, -0.05) is 11.6 Å². The number of rotatable bonds is 3. The Labute approximate surface area is 142 Å². The van der Waals surface area contributed by atoms with Crippen molar-refractivity contribution in [2.75, 3.05) is 18.2 Å². The minimum absolute atomic E-state index is 0.288. The van der Waals surface area contributed by atoms with Crippen molar-refractivity contribution in [1.29, 1.82) is 0 Å². The van der Waals surface area contributed by atoms with Crippen LogP contribution in [0.1, 0.15) is 15.2 Å². The van der Waals surface area contributed by atoms with Gasteiger partial charge in [-0.05, 0) is 36.8 Å². The van der Waals surface area contributed by atoms with E-state index in [1.54, 1.807) is 24.4 Å². The molecular formula is C16H14ClN3O2S. The lowest BCUT2D eigenvalue weighted by atomic mass is 10.2. The van der Waals surface area contributed by atoms with Gasteiger partial charge >= 0.3 is 0 Å². The first-order chi connectivity index (χ1) is 11.0. The van der Waals surface area contributed by atoms with Gasteiger partial charge in [0.15, 0.2) is 0 Å². The van der Waals surface area contributed by atoms with Crippen LogP contribution in [-0.2, 0) is 0 Å². The zero-order valence-electron chi connectivity index (χ0n) is 12.5. The molecule has 0 radical (unpaired) electrons. The fraction of sp³-hybridized carbons (Fsp3) is 0.125. The summed E-state index contributed by atoms with van der Waals surface area (Å²) < 4.78 is 5.09. The zero-order chi connectivity index (χ0) is 16.6. The Kier molecular flexibility index (Phi) is 4.11. The largest absolute Gasteiger partial charge is 0.495 e. The molecule has 0 unspecified atom stereocenters. The van der Waals surface area contributed by atoms with Crippen LogP contribution in [-0.4, -0.2) is 18.0 Å². The summed E-state index contributed by atoms with van der Waals surface area (Å²) in [6.07, 6.45) is 1.75. The summed E-state index contributed by atoms with van der Waals surface area (Å²) in [4.78, 5) is 18.0. The number of hydrogen-bond acceptors (Lipinski definition) is 5. The molecule has 5 nitrogen and oxygen atoms in total. The maximum Gasteiger partial charge on any atom is 0.267 e. The Balaban J connectivity index is 1.91. The van der Waals surface area contributed by atoms with E-state index in [1.807, 2.05) is 13.0 Å². The number of pyridine rings is 1. The average Bonchev–Trinajstić information content (AvgIpc) is 2.84. The number of methoxy groups -OCH3 is 1. The summed E-state index contributed by atoms with van der Waals surface area (Å²) in [5, 5.41) is 4.01. The smallest absolute Gasteiger partial charge is 0.267 e. The molecule has 2 aromatic heterocycles. The Morgan fingerprint density at radius 3 is 2.87 bits per heavy atom. The minimum atomic E-state index is -0.288. The molecule has 0 aliphatic heterocycles. The molecule has 3 rings (SSSR count). The third kappa shape index (κ3) is 2.95. The average molecular weight is 348 g/mol. The van der Waals surface area contributed by atoms with Crippen LogP contribution in [0.2, 0.25) is 5.02 Å². The van der Waals surface area contributed by atoms with Crippen molar-refractivity contribution in [3.63, 3.8) is 0 Å². The van der Waals surface area contributed by atoms with Crippen LogP contribution >= 0.6 is 22.9 Å².